The van der Waals surface area contributed by atoms with Crippen molar-refractivity contribution in [2.24, 2.45) is 0 Å². The molecule has 2 aromatic heterocycles. The molecular formula is C26H48N4O4Si2. The fraction of sp³-hybridized carbons (Fsp3) is 0.692. The van der Waals surface area contributed by atoms with Crippen LogP contribution in [0.5, 0.6) is 0 Å². The van der Waals surface area contributed by atoms with Gasteiger partial charge in [-0.1, -0.05) is 66.0 Å². The lowest BCUT2D eigenvalue weighted by atomic mass is 10.3. The van der Waals surface area contributed by atoms with E-state index in [1.165, 1.54) is 0 Å². The van der Waals surface area contributed by atoms with Gasteiger partial charge in [0.15, 0.2) is 24.2 Å². The van der Waals surface area contributed by atoms with Crippen LogP contribution in [0.4, 0.5) is 0 Å². The van der Waals surface area contributed by atoms with Crippen LogP contribution in [0.1, 0.15) is 59.3 Å². The number of nitrogens with zero attached hydrogens (tertiary/aromatic N) is 4. The molecule has 0 amide bonds. The van der Waals surface area contributed by atoms with Gasteiger partial charge in [0.1, 0.15) is 13.5 Å². The summed E-state index contributed by atoms with van der Waals surface area (Å²) in [5, 5.41) is 0. The molecule has 0 aromatic carbocycles. The van der Waals surface area contributed by atoms with Crippen molar-refractivity contribution in [1.82, 2.24) is 19.1 Å². The average molecular weight is 537 g/mol. The van der Waals surface area contributed by atoms with E-state index in [1.54, 1.807) is 10.8 Å². The van der Waals surface area contributed by atoms with Crippen molar-refractivity contribution < 1.29 is 19.1 Å². The molecule has 0 fully saturated rings. The molecule has 0 saturated carbocycles. The van der Waals surface area contributed by atoms with Crippen LogP contribution in [-0.4, -0.2) is 61.0 Å². The molecule has 0 bridgehead atoms. The Morgan fingerprint density at radius 1 is 0.833 bits per heavy atom. The summed E-state index contributed by atoms with van der Waals surface area (Å²) in [6.45, 7) is 20.6. The first-order valence-corrected chi connectivity index (χ1v) is 20.5. The SMILES string of the molecule is CCCc1cn(COCC[Si](C)(C)C)c(C=O)n1.CCCc1cnc(C=O)n1COCC[Si](C)(C)C. The molecule has 0 N–H and O–H groups in total. The number of rotatable bonds is 16. The van der Waals surface area contributed by atoms with Crippen LogP contribution in [0.3, 0.4) is 0 Å². The predicted molar refractivity (Wildman–Crippen MR) is 151 cm³/mol. The van der Waals surface area contributed by atoms with Gasteiger partial charge in [-0.15, -0.1) is 0 Å². The van der Waals surface area contributed by atoms with Crippen LogP contribution < -0.4 is 0 Å². The Morgan fingerprint density at radius 2 is 1.39 bits per heavy atom. The Bertz CT molecular complexity index is 908. The summed E-state index contributed by atoms with van der Waals surface area (Å²) < 4.78 is 15.0. The van der Waals surface area contributed by atoms with Gasteiger partial charge in [0.25, 0.3) is 0 Å². The first-order chi connectivity index (χ1) is 16.9. The van der Waals surface area contributed by atoms with Crippen molar-refractivity contribution in [3.8, 4) is 0 Å². The summed E-state index contributed by atoms with van der Waals surface area (Å²) in [5.41, 5.74) is 2.04. The summed E-state index contributed by atoms with van der Waals surface area (Å²) in [7, 11) is -2.09. The van der Waals surface area contributed by atoms with Crippen LogP contribution in [-0.2, 0) is 35.8 Å². The van der Waals surface area contributed by atoms with E-state index in [-0.39, 0.29) is 0 Å². The third-order valence-electron chi connectivity index (χ3n) is 5.49. The second-order valence-electron chi connectivity index (χ2n) is 11.5. The van der Waals surface area contributed by atoms with Gasteiger partial charge >= 0.3 is 0 Å². The first kappa shape index (κ1) is 32.1. The highest BCUT2D eigenvalue weighted by Crippen LogP contribution is 2.11. The van der Waals surface area contributed by atoms with Gasteiger partial charge in [-0.2, -0.15) is 0 Å². The van der Waals surface area contributed by atoms with Gasteiger partial charge in [0, 0.05) is 47.4 Å². The second kappa shape index (κ2) is 16.1. The van der Waals surface area contributed by atoms with E-state index in [0.29, 0.717) is 25.1 Å². The summed E-state index contributed by atoms with van der Waals surface area (Å²) in [6, 6.07) is 2.28. The highest BCUT2D eigenvalue weighted by molar-refractivity contribution is 6.76. The second-order valence-corrected chi connectivity index (χ2v) is 22.8. The minimum atomic E-state index is -1.05. The summed E-state index contributed by atoms with van der Waals surface area (Å²) in [4.78, 5) is 30.2. The third kappa shape index (κ3) is 12.9. The zero-order chi connectivity index (χ0) is 27.2. The monoisotopic (exact) mass is 536 g/mol. The van der Waals surface area contributed by atoms with Crippen molar-refractivity contribution in [1.29, 1.82) is 0 Å². The quantitative estimate of drug-likeness (QED) is 0.150. The Kier molecular flexibility index (Phi) is 14.3. The third-order valence-corrected chi connectivity index (χ3v) is 8.90. The number of carbonyl (C=O) groups is 2. The minimum absolute atomic E-state index is 0.426. The number of carbonyl (C=O) groups excluding carboxylic acids is 2. The lowest BCUT2D eigenvalue weighted by Gasteiger charge is -2.16. The Morgan fingerprint density at radius 3 is 1.89 bits per heavy atom. The summed E-state index contributed by atoms with van der Waals surface area (Å²) in [5.74, 6) is 0.929. The zero-order valence-corrected chi connectivity index (χ0v) is 25.8. The molecule has 8 nitrogen and oxygen atoms in total. The van der Waals surface area contributed by atoms with Gasteiger partial charge in [-0.3, -0.25) is 9.59 Å². The molecule has 10 heteroatoms. The molecule has 2 rings (SSSR count). The Hall–Kier alpha value is -1.89. The van der Waals surface area contributed by atoms with Crippen LogP contribution in [0.15, 0.2) is 12.4 Å². The van der Waals surface area contributed by atoms with Crippen molar-refractivity contribution in [3.63, 3.8) is 0 Å². The van der Waals surface area contributed by atoms with E-state index < -0.39 is 16.1 Å². The molecule has 0 radical (unpaired) electrons. The fourth-order valence-electron chi connectivity index (χ4n) is 3.26. The van der Waals surface area contributed by atoms with E-state index in [4.69, 9.17) is 9.47 Å². The van der Waals surface area contributed by atoms with E-state index in [2.05, 4.69) is 63.1 Å². The van der Waals surface area contributed by atoms with E-state index in [9.17, 15) is 9.59 Å². The average Bonchev–Trinajstić information content (AvgIpc) is 3.37. The Labute approximate surface area is 219 Å². The predicted octanol–water partition coefficient (Wildman–Crippen LogP) is 5.92. The van der Waals surface area contributed by atoms with Gasteiger partial charge in [-0.05, 0) is 24.9 Å². The molecular weight excluding hydrogens is 488 g/mol. The molecule has 2 aromatic rings. The van der Waals surface area contributed by atoms with E-state index in [1.807, 2.05) is 10.8 Å². The maximum absolute atomic E-state index is 10.9. The van der Waals surface area contributed by atoms with Crippen molar-refractivity contribution >= 4 is 28.7 Å². The van der Waals surface area contributed by atoms with Gasteiger partial charge in [0.2, 0.25) is 0 Å². The van der Waals surface area contributed by atoms with Crippen LogP contribution in [0.2, 0.25) is 51.4 Å². The lowest BCUT2D eigenvalue weighted by Crippen LogP contribution is -2.22. The lowest BCUT2D eigenvalue weighted by molar-refractivity contribution is 0.0814. The number of aldehydes is 2. The maximum Gasteiger partial charge on any atom is 0.185 e. The number of aryl methyl sites for hydroxylation is 2. The number of hydrogen-bond acceptors (Lipinski definition) is 6. The number of aromatic nitrogens is 4. The van der Waals surface area contributed by atoms with Gasteiger partial charge in [0.05, 0.1) is 5.69 Å². The molecule has 0 aliphatic carbocycles. The maximum atomic E-state index is 10.9. The van der Waals surface area contributed by atoms with Crippen molar-refractivity contribution in [2.45, 2.75) is 104 Å². The molecule has 2 heterocycles. The summed E-state index contributed by atoms with van der Waals surface area (Å²) >= 11 is 0. The summed E-state index contributed by atoms with van der Waals surface area (Å²) in [6.07, 6.45) is 9.19. The van der Waals surface area contributed by atoms with Crippen molar-refractivity contribution in [2.75, 3.05) is 13.2 Å². The van der Waals surface area contributed by atoms with Crippen molar-refractivity contribution in [3.05, 3.63) is 35.4 Å². The molecule has 204 valence electrons. The van der Waals surface area contributed by atoms with Gasteiger partial charge in [-0.25, -0.2) is 9.97 Å². The van der Waals surface area contributed by atoms with E-state index >= 15 is 0 Å². The number of imidazole rings is 2. The zero-order valence-electron chi connectivity index (χ0n) is 23.8. The number of hydrogen-bond donors (Lipinski definition) is 0. The Balaban J connectivity index is 0.000000360. The largest absolute Gasteiger partial charge is 0.361 e. The normalized spacial score (nSPS) is 11.8. The van der Waals surface area contributed by atoms with Gasteiger partial charge < -0.3 is 18.6 Å². The number of ether oxygens (including phenoxy) is 2. The van der Waals surface area contributed by atoms with E-state index in [0.717, 1.165) is 74.9 Å². The molecule has 0 aliphatic heterocycles. The topological polar surface area (TPSA) is 88.2 Å². The molecule has 0 atom stereocenters. The molecule has 0 unspecified atom stereocenters. The first-order valence-electron chi connectivity index (χ1n) is 13.1. The molecule has 36 heavy (non-hydrogen) atoms. The molecule has 0 spiro atoms. The highest BCUT2D eigenvalue weighted by atomic mass is 28.3. The molecule has 0 saturated heterocycles. The minimum Gasteiger partial charge on any atom is -0.361 e. The van der Waals surface area contributed by atoms with Crippen LogP contribution in [0, 0.1) is 0 Å². The smallest absolute Gasteiger partial charge is 0.185 e. The fourth-order valence-corrected chi connectivity index (χ4v) is 4.78. The standard InChI is InChI=1S/2C13H24N2O2Si/c1-5-6-12-9-15(13(10-16)14-12)11-17-7-8-18(2,3)4;1-5-6-12-9-14-13(10-16)15(12)11-17-7-8-18(2,3)4/h2*9-10H,5-8,11H2,1-4H3. The molecule has 0 aliphatic rings. The highest BCUT2D eigenvalue weighted by Gasteiger charge is 2.14. The van der Waals surface area contributed by atoms with Crippen LogP contribution in [0.25, 0.3) is 0 Å². The van der Waals surface area contributed by atoms with Crippen LogP contribution >= 0.6 is 0 Å².